The summed E-state index contributed by atoms with van der Waals surface area (Å²) in [7, 11) is 0. The molecule has 0 aliphatic rings. The molecular formula is C10H11NS. The summed E-state index contributed by atoms with van der Waals surface area (Å²) < 4.78 is 0. The number of hydrogen-bond donors (Lipinski definition) is 2. The summed E-state index contributed by atoms with van der Waals surface area (Å²) in [6.45, 7) is 3.59. The molecule has 2 heteroatoms. The molecule has 0 unspecified atom stereocenters. The number of thiol groups is 1. The average Bonchev–Trinajstić information content (AvgIpc) is 2.07. The van der Waals surface area contributed by atoms with E-state index in [0.717, 1.165) is 10.5 Å². The van der Waals surface area contributed by atoms with Crippen LogP contribution in [0.15, 0.2) is 41.8 Å². The second-order valence-electron chi connectivity index (χ2n) is 2.41. The van der Waals surface area contributed by atoms with Crippen LogP contribution < -0.4 is 5.73 Å². The van der Waals surface area contributed by atoms with Gasteiger partial charge in [-0.25, -0.2) is 0 Å². The van der Waals surface area contributed by atoms with Crippen LogP contribution in [0.4, 0.5) is 5.69 Å². The fourth-order valence-electron chi connectivity index (χ4n) is 0.844. The van der Waals surface area contributed by atoms with Crippen molar-refractivity contribution in [3.63, 3.8) is 0 Å². The molecule has 0 spiro atoms. The summed E-state index contributed by atoms with van der Waals surface area (Å²) in [5.74, 6) is 0. The Bertz CT molecular complexity index is 316. The molecule has 2 N–H and O–H groups in total. The fourth-order valence-corrected chi connectivity index (χ4v) is 1.07. The minimum atomic E-state index is 0.703. The van der Waals surface area contributed by atoms with Crippen molar-refractivity contribution in [1.82, 2.24) is 0 Å². The molecule has 0 aliphatic carbocycles. The van der Waals surface area contributed by atoms with E-state index in [2.05, 4.69) is 19.2 Å². The van der Waals surface area contributed by atoms with Gasteiger partial charge in [0.15, 0.2) is 0 Å². The summed E-state index contributed by atoms with van der Waals surface area (Å²) in [4.78, 5) is 0.807. The van der Waals surface area contributed by atoms with Crippen molar-refractivity contribution in [1.29, 1.82) is 0 Å². The fraction of sp³-hybridized carbons (Fsp3) is 0. The maximum Gasteiger partial charge on any atom is 0.0450 e. The van der Waals surface area contributed by atoms with Gasteiger partial charge in [-0.05, 0) is 17.7 Å². The lowest BCUT2D eigenvalue weighted by atomic mass is 10.2. The molecule has 1 nitrogen and oxygen atoms in total. The first-order valence-corrected chi connectivity index (χ1v) is 4.06. The van der Waals surface area contributed by atoms with Crippen molar-refractivity contribution >= 4 is 24.4 Å². The van der Waals surface area contributed by atoms with Crippen LogP contribution in [0, 0.1) is 0 Å². The van der Waals surface area contributed by atoms with Crippen LogP contribution in [0.2, 0.25) is 0 Å². The van der Waals surface area contributed by atoms with E-state index in [0.29, 0.717) is 5.69 Å². The monoisotopic (exact) mass is 177 g/mol. The van der Waals surface area contributed by atoms with Crippen molar-refractivity contribution < 1.29 is 0 Å². The maximum atomic E-state index is 5.60. The Labute approximate surface area is 78.0 Å². The van der Waals surface area contributed by atoms with E-state index in [-0.39, 0.29) is 0 Å². The standard InChI is InChI=1S/C10H11NS/c1-2-3-4-8-5-6-9(11)10(12)7-8/h2-7,12H,1,11H2. The van der Waals surface area contributed by atoms with E-state index in [9.17, 15) is 0 Å². The van der Waals surface area contributed by atoms with Crippen LogP contribution in [-0.4, -0.2) is 0 Å². The van der Waals surface area contributed by atoms with E-state index >= 15 is 0 Å². The molecule has 1 aromatic carbocycles. The van der Waals surface area contributed by atoms with Crippen LogP contribution in [0.3, 0.4) is 0 Å². The molecule has 12 heavy (non-hydrogen) atoms. The largest absolute Gasteiger partial charge is 0.398 e. The molecule has 0 atom stereocenters. The van der Waals surface area contributed by atoms with Gasteiger partial charge in [0, 0.05) is 10.6 Å². The first kappa shape index (κ1) is 8.94. The molecule has 62 valence electrons. The molecule has 0 saturated heterocycles. The van der Waals surface area contributed by atoms with Gasteiger partial charge >= 0.3 is 0 Å². The first-order valence-electron chi connectivity index (χ1n) is 3.61. The third kappa shape index (κ3) is 2.17. The molecule has 0 amide bonds. The molecule has 0 fully saturated rings. The molecule has 1 rings (SSSR count). The van der Waals surface area contributed by atoms with Crippen molar-refractivity contribution in [2.75, 3.05) is 5.73 Å². The van der Waals surface area contributed by atoms with Gasteiger partial charge in [0.2, 0.25) is 0 Å². The Morgan fingerprint density at radius 2 is 2.17 bits per heavy atom. The minimum absolute atomic E-state index is 0.703. The number of benzene rings is 1. The second-order valence-corrected chi connectivity index (χ2v) is 2.89. The zero-order valence-electron chi connectivity index (χ0n) is 6.70. The lowest BCUT2D eigenvalue weighted by Gasteiger charge is -1.98. The van der Waals surface area contributed by atoms with Crippen molar-refractivity contribution in [3.05, 3.63) is 42.5 Å². The van der Waals surface area contributed by atoms with Crippen LogP contribution in [0.5, 0.6) is 0 Å². The number of rotatable bonds is 2. The Hall–Kier alpha value is -1.15. The molecule has 0 aromatic heterocycles. The molecule has 0 radical (unpaired) electrons. The Morgan fingerprint density at radius 3 is 2.75 bits per heavy atom. The SMILES string of the molecule is C=CC=Cc1ccc(N)c(S)c1. The predicted octanol–water partition coefficient (Wildman–Crippen LogP) is 2.76. The van der Waals surface area contributed by atoms with Crippen molar-refractivity contribution in [2.24, 2.45) is 0 Å². The third-order valence-corrected chi connectivity index (χ3v) is 1.87. The summed E-state index contributed by atoms with van der Waals surface area (Å²) in [6, 6.07) is 5.69. The van der Waals surface area contributed by atoms with Gasteiger partial charge < -0.3 is 5.73 Å². The summed E-state index contributed by atoms with van der Waals surface area (Å²) in [6.07, 6.45) is 5.56. The lowest BCUT2D eigenvalue weighted by Crippen LogP contribution is -1.86. The van der Waals surface area contributed by atoms with Gasteiger partial charge in [0.25, 0.3) is 0 Å². The number of allylic oxidation sites excluding steroid dienone is 2. The highest BCUT2D eigenvalue weighted by Crippen LogP contribution is 2.18. The Kier molecular flexibility index (Phi) is 3.00. The quantitative estimate of drug-likeness (QED) is 0.405. The molecule has 0 heterocycles. The normalized spacial score (nSPS) is 10.4. The van der Waals surface area contributed by atoms with Gasteiger partial charge in [-0.3, -0.25) is 0 Å². The molecule has 1 aromatic rings. The molecule has 0 bridgehead atoms. The van der Waals surface area contributed by atoms with Crippen molar-refractivity contribution in [2.45, 2.75) is 4.90 Å². The minimum Gasteiger partial charge on any atom is -0.398 e. The zero-order valence-corrected chi connectivity index (χ0v) is 7.59. The molecule has 0 aliphatic heterocycles. The summed E-state index contributed by atoms with van der Waals surface area (Å²) in [5, 5.41) is 0. The lowest BCUT2D eigenvalue weighted by molar-refractivity contribution is 1.46. The maximum absolute atomic E-state index is 5.60. The average molecular weight is 177 g/mol. The number of nitrogen functional groups attached to an aromatic ring is 1. The molecular weight excluding hydrogens is 166 g/mol. The topological polar surface area (TPSA) is 26.0 Å². The third-order valence-electron chi connectivity index (χ3n) is 1.48. The zero-order chi connectivity index (χ0) is 8.97. The van der Waals surface area contributed by atoms with Crippen LogP contribution >= 0.6 is 12.6 Å². The predicted molar refractivity (Wildman–Crippen MR) is 57.3 cm³/mol. The van der Waals surface area contributed by atoms with Gasteiger partial charge in [-0.15, -0.1) is 12.6 Å². The molecule has 0 saturated carbocycles. The van der Waals surface area contributed by atoms with E-state index < -0.39 is 0 Å². The summed E-state index contributed by atoms with van der Waals surface area (Å²) in [5.41, 5.74) is 7.38. The summed E-state index contributed by atoms with van der Waals surface area (Å²) >= 11 is 4.20. The number of hydrogen-bond acceptors (Lipinski definition) is 2. The first-order chi connectivity index (χ1) is 5.74. The van der Waals surface area contributed by atoms with Crippen LogP contribution in [0.1, 0.15) is 5.56 Å². The van der Waals surface area contributed by atoms with Gasteiger partial charge in [0.05, 0.1) is 0 Å². The highest BCUT2D eigenvalue weighted by molar-refractivity contribution is 7.80. The van der Waals surface area contributed by atoms with E-state index in [1.165, 1.54) is 0 Å². The van der Waals surface area contributed by atoms with E-state index in [4.69, 9.17) is 5.73 Å². The highest BCUT2D eigenvalue weighted by atomic mass is 32.1. The van der Waals surface area contributed by atoms with Gasteiger partial charge in [-0.2, -0.15) is 0 Å². The Morgan fingerprint density at radius 1 is 1.42 bits per heavy atom. The van der Waals surface area contributed by atoms with Gasteiger partial charge in [-0.1, -0.05) is 30.9 Å². The van der Waals surface area contributed by atoms with Crippen molar-refractivity contribution in [3.8, 4) is 0 Å². The van der Waals surface area contributed by atoms with E-state index in [1.54, 1.807) is 6.08 Å². The smallest absolute Gasteiger partial charge is 0.0450 e. The number of anilines is 1. The second kappa shape index (κ2) is 4.02. The van der Waals surface area contributed by atoms with Crippen LogP contribution in [0.25, 0.3) is 6.08 Å². The highest BCUT2D eigenvalue weighted by Gasteiger charge is 1.92. The van der Waals surface area contributed by atoms with E-state index in [1.807, 2.05) is 30.4 Å². The van der Waals surface area contributed by atoms with Gasteiger partial charge in [0.1, 0.15) is 0 Å². The number of nitrogens with two attached hydrogens (primary N) is 1. The Balaban J connectivity index is 2.96. The van der Waals surface area contributed by atoms with Crippen LogP contribution in [-0.2, 0) is 0 Å².